The van der Waals surface area contributed by atoms with E-state index in [1.54, 1.807) is 31.2 Å². The fraction of sp³-hybridized carbons (Fsp3) is 0.0909. The number of hydrogen-bond donors (Lipinski definition) is 1. The number of nitrogen functional groups attached to an aromatic ring is 1. The minimum absolute atomic E-state index is 0.443. The third-order valence-electron chi connectivity index (χ3n) is 1.94. The molecule has 2 aromatic rings. The standard InChI is InChI=1S/C11H9Cl2N3S/c1-6-15-10(14)5-11(16-6)17-9-4-7(12)2-3-8(9)13/h2-5H,1H3,(H2,14,15,16). The number of nitrogens with two attached hydrogens (primary N) is 1. The summed E-state index contributed by atoms with van der Waals surface area (Å²) < 4.78 is 0. The molecule has 1 aromatic heterocycles. The fourth-order valence-electron chi connectivity index (χ4n) is 1.28. The lowest BCUT2D eigenvalue weighted by Crippen LogP contribution is -1.96. The van der Waals surface area contributed by atoms with Crippen LogP contribution in [0, 0.1) is 6.92 Å². The summed E-state index contributed by atoms with van der Waals surface area (Å²) in [5, 5.41) is 2.02. The number of nitrogens with zero attached hydrogens (tertiary/aromatic N) is 2. The molecule has 2 rings (SSSR count). The molecule has 0 radical (unpaired) electrons. The van der Waals surface area contributed by atoms with E-state index >= 15 is 0 Å². The summed E-state index contributed by atoms with van der Waals surface area (Å²) in [5.41, 5.74) is 5.66. The summed E-state index contributed by atoms with van der Waals surface area (Å²) in [6.45, 7) is 1.79. The van der Waals surface area contributed by atoms with Crippen molar-refractivity contribution in [3.05, 3.63) is 40.1 Å². The minimum Gasteiger partial charge on any atom is -0.384 e. The van der Waals surface area contributed by atoms with E-state index < -0.39 is 0 Å². The molecule has 88 valence electrons. The Morgan fingerprint density at radius 1 is 1.18 bits per heavy atom. The lowest BCUT2D eigenvalue weighted by molar-refractivity contribution is 0.975. The van der Waals surface area contributed by atoms with Gasteiger partial charge in [-0.25, -0.2) is 9.97 Å². The molecule has 0 bridgehead atoms. The molecule has 0 saturated heterocycles. The Kier molecular flexibility index (Phi) is 3.76. The Morgan fingerprint density at radius 3 is 2.65 bits per heavy atom. The molecular formula is C11H9Cl2N3S. The van der Waals surface area contributed by atoms with E-state index in [1.165, 1.54) is 11.8 Å². The van der Waals surface area contributed by atoms with Gasteiger partial charge in [0.25, 0.3) is 0 Å². The van der Waals surface area contributed by atoms with Crippen molar-refractivity contribution >= 4 is 40.8 Å². The SMILES string of the molecule is Cc1nc(N)cc(Sc2cc(Cl)ccc2Cl)n1. The van der Waals surface area contributed by atoms with Crippen LogP contribution in [-0.2, 0) is 0 Å². The summed E-state index contributed by atoms with van der Waals surface area (Å²) in [4.78, 5) is 9.12. The monoisotopic (exact) mass is 285 g/mol. The van der Waals surface area contributed by atoms with Gasteiger partial charge in [-0.2, -0.15) is 0 Å². The maximum Gasteiger partial charge on any atom is 0.128 e. The summed E-state index contributed by atoms with van der Waals surface area (Å²) in [5.74, 6) is 1.07. The molecule has 0 spiro atoms. The normalized spacial score (nSPS) is 10.5. The first kappa shape index (κ1) is 12.5. The second-order valence-corrected chi connectivity index (χ2v) is 5.26. The molecule has 0 unspecified atom stereocenters. The highest BCUT2D eigenvalue weighted by Crippen LogP contribution is 2.34. The summed E-state index contributed by atoms with van der Waals surface area (Å²) in [6, 6.07) is 6.99. The van der Waals surface area contributed by atoms with Crippen molar-refractivity contribution in [3.8, 4) is 0 Å². The van der Waals surface area contributed by atoms with Gasteiger partial charge >= 0.3 is 0 Å². The molecule has 0 atom stereocenters. The van der Waals surface area contributed by atoms with Gasteiger partial charge in [-0.15, -0.1) is 0 Å². The van der Waals surface area contributed by atoms with Crippen LogP contribution in [0.15, 0.2) is 34.2 Å². The van der Waals surface area contributed by atoms with E-state index in [-0.39, 0.29) is 0 Å². The molecule has 2 N–H and O–H groups in total. The third kappa shape index (κ3) is 3.25. The molecule has 17 heavy (non-hydrogen) atoms. The molecule has 0 aliphatic carbocycles. The van der Waals surface area contributed by atoms with Crippen LogP contribution in [0.5, 0.6) is 0 Å². The van der Waals surface area contributed by atoms with E-state index in [1.807, 2.05) is 0 Å². The molecule has 0 aliphatic heterocycles. The topological polar surface area (TPSA) is 51.8 Å². The van der Waals surface area contributed by atoms with E-state index in [4.69, 9.17) is 28.9 Å². The first-order chi connectivity index (χ1) is 8.04. The van der Waals surface area contributed by atoms with Gasteiger partial charge in [-0.05, 0) is 25.1 Å². The Bertz CT molecular complexity index is 540. The van der Waals surface area contributed by atoms with Crippen LogP contribution in [0.2, 0.25) is 10.0 Å². The van der Waals surface area contributed by atoms with Crippen molar-refractivity contribution in [1.29, 1.82) is 0 Å². The molecule has 0 fully saturated rings. The van der Waals surface area contributed by atoms with Crippen molar-refractivity contribution in [2.24, 2.45) is 0 Å². The van der Waals surface area contributed by atoms with Gasteiger partial charge in [0.1, 0.15) is 16.7 Å². The fourth-order valence-corrected chi connectivity index (χ4v) is 2.69. The highest BCUT2D eigenvalue weighted by Gasteiger charge is 2.06. The number of benzene rings is 1. The first-order valence-corrected chi connectivity index (χ1v) is 6.36. The Hall–Kier alpha value is -0.970. The summed E-state index contributed by atoms with van der Waals surface area (Å²) >= 11 is 13.4. The Labute approximate surface area is 113 Å². The number of aromatic nitrogens is 2. The number of anilines is 1. The zero-order valence-corrected chi connectivity index (χ0v) is 11.3. The van der Waals surface area contributed by atoms with Crippen LogP contribution >= 0.6 is 35.0 Å². The Morgan fingerprint density at radius 2 is 1.94 bits per heavy atom. The van der Waals surface area contributed by atoms with E-state index in [9.17, 15) is 0 Å². The largest absolute Gasteiger partial charge is 0.384 e. The number of rotatable bonds is 2. The maximum absolute atomic E-state index is 6.07. The maximum atomic E-state index is 6.07. The number of halogens is 2. The van der Waals surface area contributed by atoms with Gasteiger partial charge in [-0.1, -0.05) is 35.0 Å². The van der Waals surface area contributed by atoms with Crippen molar-refractivity contribution < 1.29 is 0 Å². The average molecular weight is 286 g/mol. The highest BCUT2D eigenvalue weighted by atomic mass is 35.5. The van der Waals surface area contributed by atoms with Crippen LogP contribution in [0.1, 0.15) is 5.82 Å². The lowest BCUT2D eigenvalue weighted by Gasteiger charge is -2.05. The van der Waals surface area contributed by atoms with Crippen molar-refractivity contribution in [3.63, 3.8) is 0 Å². The number of aryl methyl sites for hydroxylation is 1. The minimum atomic E-state index is 0.443. The number of hydrogen-bond acceptors (Lipinski definition) is 4. The predicted octanol–water partition coefficient (Wildman–Crippen LogP) is 3.83. The van der Waals surface area contributed by atoms with Gasteiger partial charge in [0, 0.05) is 16.0 Å². The van der Waals surface area contributed by atoms with Crippen molar-refractivity contribution in [2.45, 2.75) is 16.8 Å². The lowest BCUT2D eigenvalue weighted by atomic mass is 10.4. The van der Waals surface area contributed by atoms with Gasteiger partial charge < -0.3 is 5.73 Å². The molecule has 3 nitrogen and oxygen atoms in total. The van der Waals surface area contributed by atoms with Crippen molar-refractivity contribution in [2.75, 3.05) is 5.73 Å². The summed E-state index contributed by atoms with van der Waals surface area (Å²) in [7, 11) is 0. The molecule has 0 saturated carbocycles. The van der Waals surface area contributed by atoms with E-state index in [0.29, 0.717) is 21.7 Å². The average Bonchev–Trinajstić information content (AvgIpc) is 2.22. The van der Waals surface area contributed by atoms with Crippen LogP contribution < -0.4 is 5.73 Å². The second-order valence-electron chi connectivity index (χ2n) is 3.36. The quantitative estimate of drug-likeness (QED) is 0.852. The van der Waals surface area contributed by atoms with Gasteiger partial charge in [-0.3, -0.25) is 0 Å². The highest BCUT2D eigenvalue weighted by molar-refractivity contribution is 7.99. The van der Waals surface area contributed by atoms with Crippen molar-refractivity contribution in [1.82, 2.24) is 9.97 Å². The molecule has 1 aromatic carbocycles. The summed E-state index contributed by atoms with van der Waals surface area (Å²) in [6.07, 6.45) is 0. The third-order valence-corrected chi connectivity index (χ3v) is 3.59. The zero-order chi connectivity index (χ0) is 12.4. The van der Waals surface area contributed by atoms with Crippen LogP contribution in [0.3, 0.4) is 0 Å². The zero-order valence-electron chi connectivity index (χ0n) is 8.95. The molecule has 0 amide bonds. The first-order valence-electron chi connectivity index (χ1n) is 4.78. The predicted molar refractivity (Wildman–Crippen MR) is 71.8 cm³/mol. The molecular weight excluding hydrogens is 277 g/mol. The van der Waals surface area contributed by atoms with E-state index in [0.717, 1.165) is 9.92 Å². The van der Waals surface area contributed by atoms with Crippen LogP contribution in [0.25, 0.3) is 0 Å². The van der Waals surface area contributed by atoms with Gasteiger partial charge in [0.15, 0.2) is 0 Å². The molecule has 1 heterocycles. The van der Waals surface area contributed by atoms with Gasteiger partial charge in [0.05, 0.1) is 5.02 Å². The van der Waals surface area contributed by atoms with E-state index in [2.05, 4.69) is 9.97 Å². The van der Waals surface area contributed by atoms with Crippen LogP contribution in [-0.4, -0.2) is 9.97 Å². The van der Waals surface area contributed by atoms with Gasteiger partial charge in [0.2, 0.25) is 0 Å². The molecule has 6 heteroatoms. The Balaban J connectivity index is 2.34. The molecule has 0 aliphatic rings. The smallest absolute Gasteiger partial charge is 0.128 e. The van der Waals surface area contributed by atoms with Crippen LogP contribution in [0.4, 0.5) is 5.82 Å². The second kappa shape index (κ2) is 5.12.